The molecule has 0 fully saturated rings. The lowest BCUT2D eigenvalue weighted by Gasteiger charge is -2.23. The molecule has 2 atom stereocenters. The summed E-state index contributed by atoms with van der Waals surface area (Å²) in [6.45, 7) is 4.47. The highest BCUT2D eigenvalue weighted by Crippen LogP contribution is 2.52. The van der Waals surface area contributed by atoms with Crippen LogP contribution < -0.4 is 0 Å². The Labute approximate surface area is 134 Å². The van der Waals surface area contributed by atoms with E-state index >= 15 is 0 Å². The van der Waals surface area contributed by atoms with E-state index in [-0.39, 0.29) is 11.1 Å². The van der Waals surface area contributed by atoms with Gasteiger partial charge in [-0.2, -0.15) is 0 Å². The van der Waals surface area contributed by atoms with Crippen LogP contribution in [0, 0.1) is 11.6 Å². The largest absolute Gasteiger partial charge is 0.328 e. The van der Waals surface area contributed by atoms with Crippen LogP contribution in [0.4, 0.5) is 8.78 Å². The van der Waals surface area contributed by atoms with Crippen molar-refractivity contribution in [1.29, 1.82) is 0 Å². The van der Waals surface area contributed by atoms with Crippen molar-refractivity contribution in [3.05, 3.63) is 71.3 Å². The van der Waals surface area contributed by atoms with Gasteiger partial charge >= 0.3 is 7.60 Å². The summed E-state index contributed by atoms with van der Waals surface area (Å²) in [4.78, 5) is 0. The molecule has 0 radical (unpaired) electrons. The molecule has 3 nitrogen and oxygen atoms in total. The van der Waals surface area contributed by atoms with E-state index in [2.05, 4.69) is 0 Å². The number of hydrogen-bond acceptors (Lipinski definition) is 3. The highest BCUT2D eigenvalue weighted by Gasteiger charge is 2.27. The van der Waals surface area contributed by atoms with Gasteiger partial charge in [-0.15, -0.1) is 0 Å². The van der Waals surface area contributed by atoms with Crippen LogP contribution in [0.1, 0.15) is 37.2 Å². The quantitative estimate of drug-likeness (QED) is 0.638. The molecule has 2 rings (SSSR count). The molecule has 2 unspecified atom stereocenters. The Bertz CT molecular complexity index is 663. The SMILES string of the molecule is CC(OP(C)(=O)OC(C)c1ccccc1F)c1ccccc1F. The summed E-state index contributed by atoms with van der Waals surface area (Å²) >= 11 is 0. The molecule has 0 saturated heterocycles. The van der Waals surface area contributed by atoms with Gasteiger partial charge in [0.1, 0.15) is 11.6 Å². The molecule has 0 aliphatic rings. The van der Waals surface area contributed by atoms with E-state index in [0.29, 0.717) is 0 Å². The van der Waals surface area contributed by atoms with Crippen LogP contribution >= 0.6 is 7.60 Å². The van der Waals surface area contributed by atoms with Gasteiger partial charge in [0.05, 0.1) is 12.2 Å². The van der Waals surface area contributed by atoms with Gasteiger partial charge in [0.25, 0.3) is 0 Å². The fraction of sp³-hybridized carbons (Fsp3) is 0.294. The van der Waals surface area contributed by atoms with Crippen LogP contribution in [0.15, 0.2) is 48.5 Å². The van der Waals surface area contributed by atoms with Gasteiger partial charge in [-0.3, -0.25) is 4.57 Å². The molecule has 2 aromatic carbocycles. The highest BCUT2D eigenvalue weighted by molar-refractivity contribution is 7.53. The third-order valence-corrected chi connectivity index (χ3v) is 4.78. The minimum Gasteiger partial charge on any atom is -0.301 e. The second kappa shape index (κ2) is 7.35. The Morgan fingerprint density at radius 1 is 0.826 bits per heavy atom. The second-order valence-electron chi connectivity index (χ2n) is 5.31. The molecule has 2 aromatic rings. The molecular formula is C17H19F2O3P. The minimum absolute atomic E-state index is 0.289. The Kier molecular flexibility index (Phi) is 5.69. The lowest BCUT2D eigenvalue weighted by Crippen LogP contribution is -2.06. The molecule has 0 heterocycles. The fourth-order valence-electron chi connectivity index (χ4n) is 2.32. The van der Waals surface area contributed by atoms with Crippen LogP contribution in [0.3, 0.4) is 0 Å². The molecule has 0 bridgehead atoms. The van der Waals surface area contributed by atoms with E-state index in [1.165, 1.54) is 18.8 Å². The summed E-state index contributed by atoms with van der Waals surface area (Å²) < 4.78 is 50.8. The van der Waals surface area contributed by atoms with E-state index in [1.54, 1.807) is 50.2 Å². The summed E-state index contributed by atoms with van der Waals surface area (Å²) in [5.74, 6) is -0.885. The summed E-state index contributed by atoms with van der Waals surface area (Å²) in [5, 5.41) is 0. The van der Waals surface area contributed by atoms with Crippen LogP contribution in [-0.2, 0) is 13.6 Å². The molecule has 0 spiro atoms. The van der Waals surface area contributed by atoms with Crippen molar-refractivity contribution < 1.29 is 22.4 Å². The predicted octanol–water partition coefficient (Wildman–Crippen LogP) is 5.64. The topological polar surface area (TPSA) is 35.5 Å². The third kappa shape index (κ3) is 4.71. The second-order valence-corrected chi connectivity index (χ2v) is 7.27. The van der Waals surface area contributed by atoms with Gasteiger partial charge in [0.2, 0.25) is 0 Å². The molecule has 0 amide bonds. The molecule has 0 saturated carbocycles. The molecule has 6 heteroatoms. The van der Waals surface area contributed by atoms with E-state index in [4.69, 9.17) is 9.05 Å². The summed E-state index contributed by atoms with van der Waals surface area (Å²) in [6.07, 6.45) is -1.50. The molecular weight excluding hydrogens is 321 g/mol. The zero-order valence-corrected chi connectivity index (χ0v) is 14.1. The van der Waals surface area contributed by atoms with E-state index in [1.807, 2.05) is 0 Å². The molecule has 0 N–H and O–H groups in total. The van der Waals surface area contributed by atoms with Crippen molar-refractivity contribution in [1.82, 2.24) is 0 Å². The average Bonchev–Trinajstić information content (AvgIpc) is 2.46. The van der Waals surface area contributed by atoms with Crippen LogP contribution in [0.5, 0.6) is 0 Å². The van der Waals surface area contributed by atoms with Crippen molar-refractivity contribution in [3.8, 4) is 0 Å². The van der Waals surface area contributed by atoms with E-state index < -0.39 is 31.4 Å². The monoisotopic (exact) mass is 340 g/mol. The van der Waals surface area contributed by atoms with Gasteiger partial charge < -0.3 is 9.05 Å². The Morgan fingerprint density at radius 3 is 1.52 bits per heavy atom. The Balaban J connectivity index is 2.09. The Morgan fingerprint density at radius 2 is 1.17 bits per heavy atom. The number of halogens is 2. The average molecular weight is 340 g/mol. The number of hydrogen-bond donors (Lipinski definition) is 0. The first-order valence-electron chi connectivity index (χ1n) is 7.23. The van der Waals surface area contributed by atoms with Crippen molar-refractivity contribution in [2.24, 2.45) is 0 Å². The predicted molar refractivity (Wildman–Crippen MR) is 85.3 cm³/mol. The fourth-order valence-corrected chi connectivity index (χ4v) is 3.75. The maximum absolute atomic E-state index is 13.7. The lowest BCUT2D eigenvalue weighted by molar-refractivity contribution is 0.128. The highest BCUT2D eigenvalue weighted by atomic mass is 31.2. The van der Waals surface area contributed by atoms with Crippen molar-refractivity contribution in [2.45, 2.75) is 26.1 Å². The van der Waals surface area contributed by atoms with Crippen LogP contribution in [-0.4, -0.2) is 6.66 Å². The van der Waals surface area contributed by atoms with Crippen molar-refractivity contribution in [2.75, 3.05) is 6.66 Å². The zero-order chi connectivity index (χ0) is 17.0. The molecule has 0 aliphatic carbocycles. The van der Waals surface area contributed by atoms with Gasteiger partial charge in [0.15, 0.2) is 0 Å². The first-order valence-corrected chi connectivity index (χ1v) is 9.22. The standard InChI is InChI=1S/C17H19F2O3P/c1-12(14-8-4-6-10-16(14)18)21-23(3,20)22-13(2)15-9-5-7-11-17(15)19/h4-13H,1-3H3. The molecule has 23 heavy (non-hydrogen) atoms. The summed E-state index contributed by atoms with van der Waals surface area (Å²) in [6, 6.07) is 12.2. The summed E-state index contributed by atoms with van der Waals surface area (Å²) in [7, 11) is -3.51. The molecule has 0 aliphatic heterocycles. The first kappa shape index (κ1) is 17.8. The maximum atomic E-state index is 13.7. The van der Waals surface area contributed by atoms with Crippen LogP contribution in [0.25, 0.3) is 0 Å². The normalized spacial score (nSPS) is 16.6. The molecule has 124 valence electrons. The first-order chi connectivity index (χ1) is 10.8. The maximum Gasteiger partial charge on any atom is 0.328 e. The van der Waals surface area contributed by atoms with E-state index in [9.17, 15) is 13.3 Å². The van der Waals surface area contributed by atoms with E-state index in [0.717, 1.165) is 0 Å². The van der Waals surface area contributed by atoms with Gasteiger partial charge in [-0.25, -0.2) is 8.78 Å². The number of benzene rings is 2. The minimum atomic E-state index is -3.51. The zero-order valence-electron chi connectivity index (χ0n) is 13.2. The smallest absolute Gasteiger partial charge is 0.301 e. The van der Waals surface area contributed by atoms with Crippen molar-refractivity contribution >= 4 is 7.60 Å². The lowest BCUT2D eigenvalue weighted by atomic mass is 10.1. The van der Waals surface area contributed by atoms with Gasteiger partial charge in [-0.05, 0) is 26.0 Å². The number of rotatable bonds is 6. The Hall–Kier alpha value is -1.55. The van der Waals surface area contributed by atoms with Crippen LogP contribution in [0.2, 0.25) is 0 Å². The van der Waals surface area contributed by atoms with Gasteiger partial charge in [0, 0.05) is 17.8 Å². The molecule has 0 aromatic heterocycles. The summed E-state index contributed by atoms with van der Waals surface area (Å²) in [5.41, 5.74) is 0.577. The van der Waals surface area contributed by atoms with Gasteiger partial charge in [-0.1, -0.05) is 36.4 Å². The third-order valence-electron chi connectivity index (χ3n) is 3.39. The van der Waals surface area contributed by atoms with Crippen molar-refractivity contribution in [3.63, 3.8) is 0 Å².